The molecule has 1 N–H and O–H groups in total. The van der Waals surface area contributed by atoms with Gasteiger partial charge in [0.25, 0.3) is 0 Å². The summed E-state index contributed by atoms with van der Waals surface area (Å²) in [6, 6.07) is 9.41. The summed E-state index contributed by atoms with van der Waals surface area (Å²) in [5, 5.41) is 3.52. The third kappa shape index (κ3) is 3.02. The molecule has 20 heavy (non-hydrogen) atoms. The van der Waals surface area contributed by atoms with Crippen molar-refractivity contribution < 1.29 is 4.39 Å². The third-order valence-corrected chi connectivity index (χ3v) is 4.66. The molecule has 1 aromatic carbocycles. The molecule has 1 aliphatic rings. The summed E-state index contributed by atoms with van der Waals surface area (Å²) in [6.07, 6.45) is 2.92. The van der Waals surface area contributed by atoms with Gasteiger partial charge in [0.15, 0.2) is 0 Å². The highest BCUT2D eigenvalue weighted by atomic mass is 32.2. The van der Waals surface area contributed by atoms with Gasteiger partial charge in [-0.1, -0.05) is 6.07 Å². The van der Waals surface area contributed by atoms with Crippen LogP contribution >= 0.6 is 11.8 Å². The highest BCUT2D eigenvalue weighted by Crippen LogP contribution is 2.36. The van der Waals surface area contributed by atoms with E-state index in [0.717, 1.165) is 35.5 Å². The van der Waals surface area contributed by atoms with E-state index < -0.39 is 0 Å². The van der Waals surface area contributed by atoms with Crippen molar-refractivity contribution in [1.29, 1.82) is 0 Å². The number of halogens is 1. The van der Waals surface area contributed by atoms with Crippen molar-refractivity contribution in [1.82, 2.24) is 10.3 Å². The van der Waals surface area contributed by atoms with Crippen molar-refractivity contribution in [3.8, 4) is 0 Å². The lowest BCUT2D eigenvalue weighted by atomic mass is 10.0. The number of aryl methyl sites for hydroxylation is 1. The van der Waals surface area contributed by atoms with Crippen LogP contribution in [0.25, 0.3) is 0 Å². The van der Waals surface area contributed by atoms with Crippen molar-refractivity contribution >= 4 is 11.8 Å². The number of aromatic nitrogens is 1. The van der Waals surface area contributed by atoms with Gasteiger partial charge < -0.3 is 5.32 Å². The highest BCUT2D eigenvalue weighted by Gasteiger charge is 2.20. The van der Waals surface area contributed by atoms with Gasteiger partial charge in [-0.05, 0) is 54.5 Å². The van der Waals surface area contributed by atoms with Crippen LogP contribution in [0.2, 0.25) is 0 Å². The Balaban J connectivity index is 1.73. The van der Waals surface area contributed by atoms with Gasteiger partial charge in [-0.25, -0.2) is 4.39 Å². The molecule has 2 nitrogen and oxygen atoms in total. The molecule has 0 fully saturated rings. The molecule has 0 bridgehead atoms. The smallest absolute Gasteiger partial charge is 0.123 e. The zero-order valence-electron chi connectivity index (χ0n) is 11.4. The Bertz CT molecular complexity index is 598. The fourth-order valence-corrected chi connectivity index (χ4v) is 3.53. The van der Waals surface area contributed by atoms with Crippen LogP contribution in [-0.2, 0) is 6.54 Å². The van der Waals surface area contributed by atoms with Crippen LogP contribution in [0.15, 0.2) is 41.4 Å². The first-order valence-corrected chi connectivity index (χ1v) is 7.78. The SMILES string of the molecule is Cc1ccc(CNC2CCSc3ccc(F)cc32)cn1. The number of thioether (sulfide) groups is 1. The number of benzene rings is 1. The first-order valence-electron chi connectivity index (χ1n) is 6.79. The number of fused-ring (bicyclic) bond motifs is 1. The molecular weight excluding hydrogens is 271 g/mol. The second-order valence-electron chi connectivity index (χ2n) is 5.06. The number of pyridine rings is 1. The summed E-state index contributed by atoms with van der Waals surface area (Å²) in [5.74, 6) is 0.915. The summed E-state index contributed by atoms with van der Waals surface area (Å²) >= 11 is 1.81. The Labute approximate surface area is 122 Å². The summed E-state index contributed by atoms with van der Waals surface area (Å²) < 4.78 is 13.4. The molecule has 0 amide bonds. The molecule has 0 saturated carbocycles. The number of hydrogen-bond acceptors (Lipinski definition) is 3. The van der Waals surface area contributed by atoms with E-state index in [9.17, 15) is 4.39 Å². The molecule has 2 aromatic rings. The third-order valence-electron chi connectivity index (χ3n) is 3.54. The van der Waals surface area contributed by atoms with E-state index in [1.54, 1.807) is 17.8 Å². The zero-order chi connectivity index (χ0) is 13.9. The van der Waals surface area contributed by atoms with Gasteiger partial charge in [-0.2, -0.15) is 0 Å². The van der Waals surface area contributed by atoms with Gasteiger partial charge in [-0.3, -0.25) is 4.98 Å². The first kappa shape index (κ1) is 13.6. The lowest BCUT2D eigenvalue weighted by Crippen LogP contribution is -2.24. The van der Waals surface area contributed by atoms with Crippen molar-refractivity contribution in [2.24, 2.45) is 0 Å². The number of nitrogens with one attached hydrogen (secondary N) is 1. The van der Waals surface area contributed by atoms with Gasteiger partial charge in [0.1, 0.15) is 5.82 Å². The summed E-state index contributed by atoms with van der Waals surface area (Å²) in [5.41, 5.74) is 3.27. The molecule has 0 aliphatic carbocycles. The minimum Gasteiger partial charge on any atom is -0.306 e. The predicted octanol–water partition coefficient (Wildman–Crippen LogP) is 3.86. The maximum atomic E-state index is 13.4. The van der Waals surface area contributed by atoms with Crippen LogP contribution in [0.4, 0.5) is 4.39 Å². The molecule has 0 radical (unpaired) electrons. The van der Waals surface area contributed by atoms with E-state index >= 15 is 0 Å². The van der Waals surface area contributed by atoms with E-state index in [1.807, 2.05) is 25.3 Å². The largest absolute Gasteiger partial charge is 0.306 e. The quantitative estimate of drug-likeness (QED) is 0.928. The van der Waals surface area contributed by atoms with Gasteiger partial charge in [0.05, 0.1) is 0 Å². The molecule has 1 unspecified atom stereocenters. The van der Waals surface area contributed by atoms with Crippen molar-refractivity contribution in [2.45, 2.75) is 30.8 Å². The lowest BCUT2D eigenvalue weighted by Gasteiger charge is -2.26. The summed E-state index contributed by atoms with van der Waals surface area (Å²) in [4.78, 5) is 5.49. The second kappa shape index (κ2) is 5.94. The average molecular weight is 288 g/mol. The zero-order valence-corrected chi connectivity index (χ0v) is 12.2. The Kier molecular flexibility index (Phi) is 4.03. The van der Waals surface area contributed by atoms with Crippen LogP contribution in [-0.4, -0.2) is 10.7 Å². The summed E-state index contributed by atoms with van der Waals surface area (Å²) in [7, 11) is 0. The molecule has 0 spiro atoms. The van der Waals surface area contributed by atoms with Crippen LogP contribution in [0.1, 0.15) is 29.3 Å². The van der Waals surface area contributed by atoms with Gasteiger partial charge in [-0.15, -0.1) is 11.8 Å². The molecule has 1 aromatic heterocycles. The molecule has 104 valence electrons. The topological polar surface area (TPSA) is 24.9 Å². The van der Waals surface area contributed by atoms with E-state index in [4.69, 9.17) is 0 Å². The molecule has 3 rings (SSSR count). The van der Waals surface area contributed by atoms with Crippen LogP contribution in [0.5, 0.6) is 0 Å². The maximum absolute atomic E-state index is 13.4. The minimum atomic E-state index is -0.157. The molecule has 2 heterocycles. The van der Waals surface area contributed by atoms with Crippen LogP contribution in [0.3, 0.4) is 0 Å². The summed E-state index contributed by atoms with van der Waals surface area (Å²) in [6.45, 7) is 2.74. The minimum absolute atomic E-state index is 0.157. The number of rotatable bonds is 3. The molecule has 4 heteroatoms. The average Bonchev–Trinajstić information content (AvgIpc) is 2.47. The van der Waals surface area contributed by atoms with E-state index in [-0.39, 0.29) is 11.9 Å². The monoisotopic (exact) mass is 288 g/mol. The van der Waals surface area contributed by atoms with Crippen molar-refractivity contribution in [2.75, 3.05) is 5.75 Å². The normalized spacial score (nSPS) is 17.8. The molecule has 1 atom stereocenters. The van der Waals surface area contributed by atoms with E-state index in [2.05, 4.69) is 16.4 Å². The fraction of sp³-hybridized carbons (Fsp3) is 0.312. The maximum Gasteiger partial charge on any atom is 0.123 e. The van der Waals surface area contributed by atoms with Crippen LogP contribution in [0, 0.1) is 12.7 Å². The Morgan fingerprint density at radius 3 is 3.05 bits per heavy atom. The molecular formula is C16H17FN2S. The van der Waals surface area contributed by atoms with Gasteiger partial charge >= 0.3 is 0 Å². The Morgan fingerprint density at radius 1 is 1.35 bits per heavy atom. The molecule has 0 saturated heterocycles. The van der Waals surface area contributed by atoms with Crippen molar-refractivity contribution in [3.63, 3.8) is 0 Å². The molecule has 1 aliphatic heterocycles. The van der Waals surface area contributed by atoms with E-state index in [0.29, 0.717) is 0 Å². The van der Waals surface area contributed by atoms with Crippen LogP contribution < -0.4 is 5.32 Å². The van der Waals surface area contributed by atoms with E-state index in [1.165, 1.54) is 11.0 Å². The number of nitrogens with zero attached hydrogens (tertiary/aromatic N) is 1. The lowest BCUT2D eigenvalue weighted by molar-refractivity contribution is 0.504. The second-order valence-corrected chi connectivity index (χ2v) is 6.20. The Hall–Kier alpha value is -1.39. The van der Waals surface area contributed by atoms with Crippen molar-refractivity contribution in [3.05, 3.63) is 59.2 Å². The Morgan fingerprint density at radius 2 is 2.25 bits per heavy atom. The highest BCUT2D eigenvalue weighted by molar-refractivity contribution is 7.99. The number of hydrogen-bond donors (Lipinski definition) is 1. The standard InChI is InChI=1S/C16H17FN2S/c1-11-2-3-12(9-18-11)10-19-15-6-7-20-16-5-4-13(17)8-14(15)16/h2-5,8-9,15,19H,6-7,10H2,1H3. The fourth-order valence-electron chi connectivity index (χ4n) is 2.42. The first-order chi connectivity index (χ1) is 9.72. The van der Waals surface area contributed by atoms with Gasteiger partial charge in [0, 0.05) is 29.4 Å². The predicted molar refractivity (Wildman–Crippen MR) is 80.3 cm³/mol. The van der Waals surface area contributed by atoms with Gasteiger partial charge in [0.2, 0.25) is 0 Å².